The fraction of sp³-hybridized carbons (Fsp3) is 0.0526. The third-order valence-electron chi connectivity index (χ3n) is 3.41. The van der Waals surface area contributed by atoms with E-state index in [1.165, 1.54) is 16.7 Å². The van der Waals surface area contributed by atoms with Gasteiger partial charge in [0.25, 0.3) is 5.91 Å². The van der Waals surface area contributed by atoms with E-state index >= 15 is 0 Å². The molecule has 1 aliphatic heterocycles. The Morgan fingerprint density at radius 2 is 2.00 bits per heavy atom. The van der Waals surface area contributed by atoms with Crippen LogP contribution >= 0.6 is 35.6 Å². The molecular formula is C19H14ClNO2S2. The largest absolute Gasteiger partial charge is 0.490 e. The van der Waals surface area contributed by atoms with Gasteiger partial charge in [0.05, 0.1) is 10.6 Å². The summed E-state index contributed by atoms with van der Waals surface area (Å²) in [5.74, 6) is 0.604. The molecule has 0 bridgehead atoms. The van der Waals surface area contributed by atoms with Crippen LogP contribution in [0, 0.1) is 0 Å². The van der Waals surface area contributed by atoms with Crippen LogP contribution in [0.4, 0.5) is 5.69 Å². The third kappa shape index (κ3) is 4.12. The number of nitrogens with zero attached hydrogens (tertiary/aromatic N) is 1. The number of thioether (sulfide) groups is 1. The molecule has 126 valence electrons. The van der Waals surface area contributed by atoms with Crippen LogP contribution in [0.1, 0.15) is 5.56 Å². The molecule has 1 heterocycles. The molecule has 1 aliphatic rings. The van der Waals surface area contributed by atoms with Crippen LogP contribution in [0.25, 0.3) is 6.08 Å². The highest BCUT2D eigenvalue weighted by Gasteiger charge is 2.33. The monoisotopic (exact) mass is 387 g/mol. The predicted molar refractivity (Wildman–Crippen MR) is 109 cm³/mol. The number of amides is 1. The molecule has 2 aromatic carbocycles. The minimum Gasteiger partial charge on any atom is -0.490 e. The summed E-state index contributed by atoms with van der Waals surface area (Å²) >= 11 is 12.7. The van der Waals surface area contributed by atoms with E-state index in [9.17, 15) is 4.79 Å². The van der Waals surface area contributed by atoms with Crippen molar-refractivity contribution in [3.05, 3.63) is 76.7 Å². The Labute approximate surface area is 160 Å². The van der Waals surface area contributed by atoms with E-state index in [1.807, 2.05) is 36.4 Å². The zero-order valence-electron chi connectivity index (χ0n) is 13.1. The van der Waals surface area contributed by atoms with Crippen molar-refractivity contribution in [2.45, 2.75) is 0 Å². The summed E-state index contributed by atoms with van der Waals surface area (Å²) < 4.78 is 5.94. The Bertz CT molecular complexity index is 862. The minimum atomic E-state index is -0.149. The lowest BCUT2D eigenvalue weighted by atomic mass is 10.2. The molecule has 0 spiro atoms. The van der Waals surface area contributed by atoms with Gasteiger partial charge in [0.2, 0.25) is 0 Å². The van der Waals surface area contributed by atoms with Gasteiger partial charge >= 0.3 is 0 Å². The van der Waals surface area contributed by atoms with Gasteiger partial charge in [-0.3, -0.25) is 9.69 Å². The number of benzene rings is 2. The summed E-state index contributed by atoms with van der Waals surface area (Å²) in [7, 11) is 0. The summed E-state index contributed by atoms with van der Waals surface area (Å²) in [4.78, 5) is 14.8. The highest BCUT2D eigenvalue weighted by atomic mass is 35.5. The van der Waals surface area contributed by atoms with Crippen molar-refractivity contribution in [1.82, 2.24) is 0 Å². The second kappa shape index (κ2) is 7.87. The van der Waals surface area contributed by atoms with Gasteiger partial charge in [0.15, 0.2) is 4.32 Å². The number of carbonyl (C=O) groups excluding carboxylic acids is 1. The molecule has 0 unspecified atom stereocenters. The molecule has 3 rings (SSSR count). The van der Waals surface area contributed by atoms with Crippen LogP contribution in [0.2, 0.25) is 5.02 Å². The first-order chi connectivity index (χ1) is 12.1. The summed E-state index contributed by atoms with van der Waals surface area (Å²) in [6.45, 7) is 4.07. The normalized spacial score (nSPS) is 15.7. The van der Waals surface area contributed by atoms with Crippen LogP contribution in [-0.4, -0.2) is 16.8 Å². The van der Waals surface area contributed by atoms with Crippen molar-refractivity contribution >= 4 is 57.6 Å². The lowest BCUT2D eigenvalue weighted by Gasteiger charge is -2.14. The Balaban J connectivity index is 1.81. The molecule has 2 aromatic rings. The highest BCUT2D eigenvalue weighted by molar-refractivity contribution is 8.27. The number of rotatable bonds is 5. The van der Waals surface area contributed by atoms with Crippen molar-refractivity contribution < 1.29 is 9.53 Å². The Morgan fingerprint density at radius 1 is 1.24 bits per heavy atom. The van der Waals surface area contributed by atoms with Gasteiger partial charge < -0.3 is 4.74 Å². The maximum absolute atomic E-state index is 12.7. The van der Waals surface area contributed by atoms with Crippen LogP contribution < -0.4 is 9.64 Å². The standard InChI is InChI=1S/C19H14ClNO2S2/c1-2-10-23-16-8-6-13(7-9-16)11-17-18(22)21(19(24)25-17)15-5-3-4-14(20)12-15/h2-9,11-12H,1,10H2/b17-11+. The minimum absolute atomic E-state index is 0.149. The quantitative estimate of drug-likeness (QED) is 0.395. The molecule has 3 nitrogen and oxygen atoms in total. The van der Waals surface area contributed by atoms with Crippen molar-refractivity contribution in [3.63, 3.8) is 0 Å². The molecule has 25 heavy (non-hydrogen) atoms. The maximum atomic E-state index is 12.7. The van der Waals surface area contributed by atoms with E-state index < -0.39 is 0 Å². The number of anilines is 1. The van der Waals surface area contributed by atoms with E-state index in [2.05, 4.69) is 6.58 Å². The molecule has 1 fully saturated rings. The van der Waals surface area contributed by atoms with Crippen molar-refractivity contribution in [2.75, 3.05) is 11.5 Å². The molecule has 1 amide bonds. The summed E-state index contributed by atoms with van der Waals surface area (Å²) in [5, 5.41) is 0.561. The number of thiocarbonyl (C=S) groups is 1. The first-order valence-electron chi connectivity index (χ1n) is 7.46. The molecule has 0 atom stereocenters. The zero-order valence-corrected chi connectivity index (χ0v) is 15.5. The first kappa shape index (κ1) is 17.7. The van der Waals surface area contributed by atoms with Crippen molar-refractivity contribution in [2.24, 2.45) is 0 Å². The van der Waals surface area contributed by atoms with Crippen LogP contribution in [0.15, 0.2) is 66.1 Å². The van der Waals surface area contributed by atoms with Crippen LogP contribution in [0.5, 0.6) is 5.75 Å². The maximum Gasteiger partial charge on any atom is 0.270 e. The lowest BCUT2D eigenvalue weighted by Crippen LogP contribution is -2.27. The second-order valence-corrected chi connectivity index (χ2v) is 7.28. The first-order valence-corrected chi connectivity index (χ1v) is 9.06. The number of ether oxygens (including phenoxy) is 1. The van der Waals surface area contributed by atoms with Crippen LogP contribution in [0.3, 0.4) is 0 Å². The van der Waals surface area contributed by atoms with Gasteiger partial charge in [-0.25, -0.2) is 0 Å². The van der Waals surface area contributed by atoms with Gasteiger partial charge in [-0.15, -0.1) is 0 Å². The third-order valence-corrected chi connectivity index (χ3v) is 4.94. The summed E-state index contributed by atoms with van der Waals surface area (Å²) in [6.07, 6.45) is 3.51. The molecule has 0 radical (unpaired) electrons. The number of hydrogen-bond donors (Lipinski definition) is 0. The van der Waals surface area contributed by atoms with E-state index in [1.54, 1.807) is 24.3 Å². The van der Waals surface area contributed by atoms with E-state index in [-0.39, 0.29) is 5.91 Å². The Kier molecular flexibility index (Phi) is 5.58. The van der Waals surface area contributed by atoms with Gasteiger partial charge in [0.1, 0.15) is 12.4 Å². The predicted octanol–water partition coefficient (Wildman–Crippen LogP) is 5.31. The van der Waals surface area contributed by atoms with Gasteiger partial charge in [-0.05, 0) is 42.0 Å². The van der Waals surface area contributed by atoms with Gasteiger partial charge in [-0.2, -0.15) is 0 Å². The number of halogens is 1. The summed E-state index contributed by atoms with van der Waals surface area (Å²) in [6, 6.07) is 14.6. The molecule has 0 aromatic heterocycles. The number of carbonyl (C=O) groups is 1. The van der Waals surface area contributed by atoms with Crippen LogP contribution in [-0.2, 0) is 4.79 Å². The van der Waals surface area contributed by atoms with Gasteiger partial charge in [0, 0.05) is 5.02 Å². The SMILES string of the molecule is C=CCOc1ccc(/C=C2/SC(=S)N(c3cccc(Cl)c3)C2=O)cc1. The summed E-state index contributed by atoms with van der Waals surface area (Å²) in [5.41, 5.74) is 1.57. The molecule has 0 aliphatic carbocycles. The van der Waals surface area contributed by atoms with E-state index in [4.69, 9.17) is 28.6 Å². The molecule has 0 saturated carbocycles. The second-order valence-electron chi connectivity index (χ2n) is 5.17. The molecule has 1 saturated heterocycles. The topological polar surface area (TPSA) is 29.5 Å². The number of hydrogen-bond acceptors (Lipinski definition) is 4. The van der Waals surface area contributed by atoms with Crippen molar-refractivity contribution in [3.8, 4) is 5.75 Å². The molecule has 0 N–H and O–H groups in total. The fourth-order valence-electron chi connectivity index (χ4n) is 2.27. The van der Waals surface area contributed by atoms with Gasteiger partial charge in [-0.1, -0.05) is 66.4 Å². The molecular weight excluding hydrogens is 374 g/mol. The van der Waals surface area contributed by atoms with E-state index in [0.717, 1.165) is 11.3 Å². The smallest absolute Gasteiger partial charge is 0.270 e. The lowest BCUT2D eigenvalue weighted by molar-refractivity contribution is -0.113. The average molecular weight is 388 g/mol. The Hall–Kier alpha value is -2.08. The molecule has 6 heteroatoms. The fourth-order valence-corrected chi connectivity index (χ4v) is 3.76. The average Bonchev–Trinajstić information content (AvgIpc) is 2.88. The highest BCUT2D eigenvalue weighted by Crippen LogP contribution is 2.36. The Morgan fingerprint density at radius 3 is 2.68 bits per heavy atom. The zero-order chi connectivity index (χ0) is 17.8. The van der Waals surface area contributed by atoms with E-state index in [0.29, 0.717) is 26.5 Å². The van der Waals surface area contributed by atoms with Crippen molar-refractivity contribution in [1.29, 1.82) is 0 Å².